The highest BCUT2D eigenvalue weighted by Crippen LogP contribution is 2.36. The zero-order valence-corrected chi connectivity index (χ0v) is 15.1. The molecule has 25 heavy (non-hydrogen) atoms. The Hall–Kier alpha value is -2.48. The topological polar surface area (TPSA) is 92.9 Å². The Morgan fingerprint density at radius 1 is 1.20 bits per heavy atom. The van der Waals surface area contributed by atoms with Gasteiger partial charge in [0.05, 0.1) is 10.2 Å². The standard InChI is InChI=1S/C17H21N7S/c1-10-5-11(2)8-24(7-10)17-22-12-3-4-19-16(15(12)25-17)23-14-6-13(18)20-9-21-14/h3-4,6,9-11H,5,7-8H2,1-2H3,(H3,18,19,20,21,23)/t10-,11+. The highest BCUT2D eigenvalue weighted by Gasteiger charge is 2.24. The molecular formula is C17H21N7S. The molecular weight excluding hydrogens is 334 g/mol. The van der Waals surface area contributed by atoms with Crippen molar-refractivity contribution in [2.24, 2.45) is 11.8 Å². The van der Waals surface area contributed by atoms with E-state index in [-0.39, 0.29) is 0 Å². The summed E-state index contributed by atoms with van der Waals surface area (Å²) < 4.78 is 1.03. The Morgan fingerprint density at radius 2 is 2.00 bits per heavy atom. The van der Waals surface area contributed by atoms with Gasteiger partial charge in [0.1, 0.15) is 18.0 Å². The number of piperidine rings is 1. The molecule has 0 saturated carbocycles. The number of nitrogens with one attached hydrogen (secondary N) is 1. The molecule has 0 radical (unpaired) electrons. The average Bonchev–Trinajstić information content (AvgIpc) is 2.99. The molecule has 1 aliphatic rings. The van der Waals surface area contributed by atoms with Crippen molar-refractivity contribution in [1.29, 1.82) is 0 Å². The maximum Gasteiger partial charge on any atom is 0.186 e. The van der Waals surface area contributed by atoms with E-state index in [0.717, 1.165) is 34.3 Å². The fourth-order valence-electron chi connectivity index (χ4n) is 3.45. The first-order valence-corrected chi connectivity index (χ1v) is 9.25. The number of nitrogens with two attached hydrogens (primary N) is 1. The Kier molecular flexibility index (Phi) is 4.12. The van der Waals surface area contributed by atoms with Crippen LogP contribution < -0.4 is 16.0 Å². The number of hydrogen-bond donors (Lipinski definition) is 2. The van der Waals surface area contributed by atoms with Gasteiger partial charge in [0.2, 0.25) is 0 Å². The van der Waals surface area contributed by atoms with Crippen LogP contribution >= 0.6 is 11.3 Å². The quantitative estimate of drug-likeness (QED) is 0.744. The van der Waals surface area contributed by atoms with E-state index in [1.165, 1.54) is 12.7 Å². The lowest BCUT2D eigenvalue weighted by Gasteiger charge is -2.34. The molecule has 0 bridgehead atoms. The van der Waals surface area contributed by atoms with Gasteiger partial charge in [-0.05, 0) is 24.3 Å². The van der Waals surface area contributed by atoms with Crippen molar-refractivity contribution in [3.8, 4) is 0 Å². The van der Waals surface area contributed by atoms with E-state index in [1.807, 2.05) is 6.07 Å². The summed E-state index contributed by atoms with van der Waals surface area (Å²) in [6.45, 7) is 6.74. The van der Waals surface area contributed by atoms with Gasteiger partial charge in [-0.1, -0.05) is 25.2 Å². The highest BCUT2D eigenvalue weighted by atomic mass is 32.1. The van der Waals surface area contributed by atoms with Gasteiger partial charge in [0.25, 0.3) is 0 Å². The number of rotatable bonds is 3. The SMILES string of the molecule is C[C@@H]1C[C@H](C)CN(c2nc3ccnc(Nc4cc(N)ncn4)c3s2)C1. The third-order valence-electron chi connectivity index (χ3n) is 4.37. The average molecular weight is 355 g/mol. The van der Waals surface area contributed by atoms with Gasteiger partial charge in [-0.2, -0.15) is 0 Å². The van der Waals surface area contributed by atoms with E-state index in [1.54, 1.807) is 23.6 Å². The molecule has 0 unspecified atom stereocenters. The summed E-state index contributed by atoms with van der Waals surface area (Å²) in [6, 6.07) is 3.64. The number of nitrogens with zero attached hydrogens (tertiary/aromatic N) is 5. The second-order valence-electron chi connectivity index (χ2n) is 6.81. The van der Waals surface area contributed by atoms with E-state index in [4.69, 9.17) is 10.7 Å². The van der Waals surface area contributed by atoms with Gasteiger partial charge in [0, 0.05) is 25.4 Å². The molecule has 3 N–H and O–H groups in total. The fraction of sp³-hybridized carbons (Fsp3) is 0.412. The van der Waals surface area contributed by atoms with Crippen LogP contribution in [0.4, 0.5) is 22.6 Å². The number of fused-ring (bicyclic) bond motifs is 1. The Bertz CT molecular complexity index is 884. The van der Waals surface area contributed by atoms with Crippen molar-refractivity contribution in [1.82, 2.24) is 19.9 Å². The van der Waals surface area contributed by atoms with Crippen molar-refractivity contribution in [2.45, 2.75) is 20.3 Å². The predicted octanol–water partition coefficient (Wildman–Crippen LogP) is 3.29. The van der Waals surface area contributed by atoms with E-state index < -0.39 is 0 Å². The van der Waals surface area contributed by atoms with E-state index in [0.29, 0.717) is 23.5 Å². The highest BCUT2D eigenvalue weighted by molar-refractivity contribution is 7.22. The summed E-state index contributed by atoms with van der Waals surface area (Å²) in [5.74, 6) is 3.18. The molecule has 0 spiro atoms. The minimum Gasteiger partial charge on any atom is -0.384 e. The summed E-state index contributed by atoms with van der Waals surface area (Å²) in [4.78, 5) is 19.8. The van der Waals surface area contributed by atoms with Crippen LogP contribution in [0.25, 0.3) is 10.2 Å². The molecule has 0 aromatic carbocycles. The summed E-state index contributed by atoms with van der Waals surface area (Å²) >= 11 is 1.67. The van der Waals surface area contributed by atoms with Crippen LogP contribution in [0.1, 0.15) is 20.3 Å². The molecule has 1 fully saturated rings. The normalized spacial score (nSPS) is 20.8. The fourth-order valence-corrected chi connectivity index (χ4v) is 4.47. The number of pyridine rings is 1. The molecule has 1 aliphatic heterocycles. The number of nitrogen functional groups attached to an aromatic ring is 1. The van der Waals surface area contributed by atoms with E-state index in [2.05, 4.69) is 39.0 Å². The summed E-state index contributed by atoms with van der Waals surface area (Å²) in [7, 11) is 0. The van der Waals surface area contributed by atoms with E-state index in [9.17, 15) is 0 Å². The van der Waals surface area contributed by atoms with Crippen LogP contribution in [-0.4, -0.2) is 33.0 Å². The predicted molar refractivity (Wildman–Crippen MR) is 102 cm³/mol. The second kappa shape index (κ2) is 6.44. The molecule has 1 saturated heterocycles. The van der Waals surface area contributed by atoms with Crippen LogP contribution in [-0.2, 0) is 0 Å². The number of aromatic nitrogens is 4. The zero-order valence-electron chi connectivity index (χ0n) is 14.3. The molecule has 130 valence electrons. The Labute approximate surface area is 150 Å². The smallest absolute Gasteiger partial charge is 0.186 e. The van der Waals surface area contributed by atoms with Crippen LogP contribution in [0.5, 0.6) is 0 Å². The third kappa shape index (κ3) is 3.34. The van der Waals surface area contributed by atoms with Crippen LogP contribution in [0.15, 0.2) is 24.7 Å². The second-order valence-corrected chi connectivity index (χ2v) is 7.79. The lowest BCUT2D eigenvalue weighted by atomic mass is 9.92. The monoisotopic (exact) mass is 355 g/mol. The molecule has 3 aromatic rings. The number of thiazole rings is 1. The van der Waals surface area contributed by atoms with Crippen molar-refractivity contribution in [3.05, 3.63) is 24.7 Å². The molecule has 0 amide bonds. The largest absolute Gasteiger partial charge is 0.384 e. The number of hydrogen-bond acceptors (Lipinski definition) is 8. The first-order valence-electron chi connectivity index (χ1n) is 8.43. The van der Waals surface area contributed by atoms with Crippen molar-refractivity contribution < 1.29 is 0 Å². The minimum absolute atomic E-state index is 0.422. The van der Waals surface area contributed by atoms with Gasteiger partial charge in [-0.15, -0.1) is 0 Å². The van der Waals surface area contributed by atoms with Gasteiger partial charge < -0.3 is 16.0 Å². The van der Waals surface area contributed by atoms with Crippen LogP contribution in [0, 0.1) is 11.8 Å². The maximum absolute atomic E-state index is 5.72. The van der Waals surface area contributed by atoms with Gasteiger partial charge in [-0.25, -0.2) is 19.9 Å². The zero-order chi connectivity index (χ0) is 17.4. The maximum atomic E-state index is 5.72. The van der Waals surface area contributed by atoms with Crippen molar-refractivity contribution >= 4 is 44.1 Å². The first kappa shape index (κ1) is 16.0. The minimum atomic E-state index is 0.422. The first-order chi connectivity index (χ1) is 12.1. The van der Waals surface area contributed by atoms with Gasteiger partial charge >= 0.3 is 0 Å². The molecule has 4 rings (SSSR count). The number of anilines is 4. The van der Waals surface area contributed by atoms with Crippen LogP contribution in [0.2, 0.25) is 0 Å². The summed E-state index contributed by atoms with van der Waals surface area (Å²) in [5, 5.41) is 4.29. The Balaban J connectivity index is 1.66. The third-order valence-corrected chi connectivity index (χ3v) is 5.51. The molecule has 2 atom stereocenters. The summed E-state index contributed by atoms with van der Waals surface area (Å²) in [6.07, 6.45) is 4.48. The van der Waals surface area contributed by atoms with Gasteiger partial charge in [-0.3, -0.25) is 0 Å². The van der Waals surface area contributed by atoms with Gasteiger partial charge in [0.15, 0.2) is 10.9 Å². The van der Waals surface area contributed by atoms with Crippen molar-refractivity contribution in [2.75, 3.05) is 29.0 Å². The lowest BCUT2D eigenvalue weighted by Crippen LogP contribution is -2.38. The lowest BCUT2D eigenvalue weighted by molar-refractivity contribution is 0.357. The van der Waals surface area contributed by atoms with Crippen molar-refractivity contribution in [3.63, 3.8) is 0 Å². The molecule has 4 heterocycles. The van der Waals surface area contributed by atoms with E-state index >= 15 is 0 Å². The molecule has 0 aliphatic carbocycles. The molecule has 3 aromatic heterocycles. The molecule has 8 heteroatoms. The Morgan fingerprint density at radius 3 is 2.76 bits per heavy atom. The summed E-state index contributed by atoms with van der Waals surface area (Å²) in [5.41, 5.74) is 6.67. The molecule has 7 nitrogen and oxygen atoms in total. The van der Waals surface area contributed by atoms with Crippen LogP contribution in [0.3, 0.4) is 0 Å².